The van der Waals surface area contributed by atoms with E-state index < -0.39 is 11.8 Å². The standard InChI is InChI=1S/C19H23O3S/c1-19(2,3)22-18(20)21-17-12-7-13-23(17)16-11-6-9-14-8-4-5-10-15(14)16/h4-6,8-11,17H,7,12-13H2,1-3H3/q+1. The fraction of sp³-hybridized carbons (Fsp3) is 0.421. The molecule has 1 heterocycles. The highest BCUT2D eigenvalue weighted by atomic mass is 32.2. The smallest absolute Gasteiger partial charge is 0.428 e. The van der Waals surface area contributed by atoms with Gasteiger partial charge in [-0.3, -0.25) is 0 Å². The normalized spacial score (nSPS) is 21.3. The van der Waals surface area contributed by atoms with Crippen molar-refractivity contribution in [3.8, 4) is 0 Å². The molecule has 0 aromatic heterocycles. The summed E-state index contributed by atoms with van der Waals surface area (Å²) in [5.74, 6) is 1.07. The number of hydrogen-bond donors (Lipinski definition) is 0. The van der Waals surface area contributed by atoms with Crippen LogP contribution < -0.4 is 0 Å². The minimum absolute atomic E-state index is 0.0735. The summed E-state index contributed by atoms with van der Waals surface area (Å²) in [4.78, 5) is 13.3. The van der Waals surface area contributed by atoms with Crippen LogP contribution in [0.2, 0.25) is 0 Å². The molecule has 1 aliphatic rings. The minimum Gasteiger partial charge on any atom is -0.428 e. The van der Waals surface area contributed by atoms with Crippen LogP contribution in [0.5, 0.6) is 0 Å². The zero-order chi connectivity index (χ0) is 16.4. The van der Waals surface area contributed by atoms with Crippen molar-refractivity contribution in [3.63, 3.8) is 0 Å². The largest absolute Gasteiger partial charge is 0.512 e. The van der Waals surface area contributed by atoms with Crippen LogP contribution in [0.1, 0.15) is 33.6 Å². The summed E-state index contributed by atoms with van der Waals surface area (Å²) in [6.45, 7) is 5.56. The van der Waals surface area contributed by atoms with Crippen LogP contribution in [-0.2, 0) is 20.4 Å². The van der Waals surface area contributed by atoms with Crippen LogP contribution in [-0.4, -0.2) is 22.9 Å². The Balaban J connectivity index is 1.82. The molecule has 0 bridgehead atoms. The van der Waals surface area contributed by atoms with Crippen molar-refractivity contribution < 1.29 is 14.3 Å². The van der Waals surface area contributed by atoms with Gasteiger partial charge >= 0.3 is 6.16 Å². The number of carbonyl (C=O) groups is 1. The van der Waals surface area contributed by atoms with Crippen LogP contribution in [0.25, 0.3) is 10.8 Å². The van der Waals surface area contributed by atoms with Gasteiger partial charge < -0.3 is 9.47 Å². The van der Waals surface area contributed by atoms with Crippen LogP contribution in [0.15, 0.2) is 47.4 Å². The minimum atomic E-state index is -0.554. The average molecular weight is 331 g/mol. The van der Waals surface area contributed by atoms with Gasteiger partial charge in [0, 0.05) is 18.2 Å². The summed E-state index contributed by atoms with van der Waals surface area (Å²) < 4.78 is 11.0. The Morgan fingerprint density at radius 2 is 1.87 bits per heavy atom. The number of rotatable bonds is 2. The number of carbonyl (C=O) groups excluding carboxylic acids is 1. The molecular formula is C19H23O3S+. The maximum Gasteiger partial charge on any atom is 0.512 e. The predicted octanol–water partition coefficient (Wildman–Crippen LogP) is 4.89. The molecule has 4 heteroatoms. The summed E-state index contributed by atoms with van der Waals surface area (Å²) >= 11 is 0. The van der Waals surface area contributed by atoms with Gasteiger partial charge in [-0.1, -0.05) is 30.3 Å². The van der Waals surface area contributed by atoms with E-state index in [0.29, 0.717) is 0 Å². The molecule has 0 N–H and O–H groups in total. The third kappa shape index (κ3) is 3.81. The maximum atomic E-state index is 12.0. The Hall–Kier alpha value is -1.68. The van der Waals surface area contributed by atoms with Gasteiger partial charge in [-0.15, -0.1) is 0 Å². The van der Waals surface area contributed by atoms with Crippen LogP contribution in [0, 0.1) is 0 Å². The third-order valence-corrected chi connectivity index (χ3v) is 6.39. The monoisotopic (exact) mass is 331 g/mol. The molecule has 0 amide bonds. The zero-order valence-corrected chi connectivity index (χ0v) is 14.7. The topological polar surface area (TPSA) is 35.5 Å². The van der Waals surface area contributed by atoms with Crippen molar-refractivity contribution in [2.45, 2.75) is 49.5 Å². The first-order valence-electron chi connectivity index (χ1n) is 8.01. The van der Waals surface area contributed by atoms with Gasteiger partial charge in [-0.25, -0.2) is 4.79 Å². The molecule has 2 aromatic carbocycles. The highest BCUT2D eigenvalue weighted by Crippen LogP contribution is 2.35. The lowest BCUT2D eigenvalue weighted by atomic mass is 10.1. The highest BCUT2D eigenvalue weighted by Gasteiger charge is 2.42. The molecular weight excluding hydrogens is 308 g/mol. The maximum absolute atomic E-state index is 12.0. The van der Waals surface area contributed by atoms with E-state index >= 15 is 0 Å². The molecule has 0 aliphatic carbocycles. The molecule has 122 valence electrons. The summed E-state index contributed by atoms with van der Waals surface area (Å²) in [7, 11) is -0.0751. The first-order chi connectivity index (χ1) is 10.9. The van der Waals surface area contributed by atoms with Gasteiger partial charge in [0.25, 0.3) is 5.44 Å². The number of ether oxygens (including phenoxy) is 2. The molecule has 2 unspecified atom stereocenters. The van der Waals surface area contributed by atoms with E-state index in [-0.39, 0.29) is 16.3 Å². The molecule has 0 saturated carbocycles. The van der Waals surface area contributed by atoms with Crippen LogP contribution >= 0.6 is 0 Å². The molecule has 2 atom stereocenters. The zero-order valence-electron chi connectivity index (χ0n) is 13.9. The van der Waals surface area contributed by atoms with Gasteiger partial charge in [0.2, 0.25) is 0 Å². The summed E-state index contributed by atoms with van der Waals surface area (Å²) in [6, 6.07) is 14.8. The lowest BCUT2D eigenvalue weighted by Crippen LogP contribution is -2.30. The number of benzene rings is 2. The molecule has 1 saturated heterocycles. The van der Waals surface area contributed by atoms with E-state index in [2.05, 4.69) is 42.5 Å². The highest BCUT2D eigenvalue weighted by molar-refractivity contribution is 7.97. The van der Waals surface area contributed by atoms with E-state index in [1.807, 2.05) is 20.8 Å². The van der Waals surface area contributed by atoms with Gasteiger partial charge in [0.15, 0.2) is 4.90 Å². The molecule has 23 heavy (non-hydrogen) atoms. The molecule has 0 radical (unpaired) electrons. The van der Waals surface area contributed by atoms with Crippen molar-refractivity contribution in [3.05, 3.63) is 42.5 Å². The van der Waals surface area contributed by atoms with E-state index in [1.165, 1.54) is 15.7 Å². The predicted molar refractivity (Wildman–Crippen MR) is 94.8 cm³/mol. The molecule has 1 fully saturated rings. The van der Waals surface area contributed by atoms with E-state index in [9.17, 15) is 4.79 Å². The lowest BCUT2D eigenvalue weighted by Gasteiger charge is -2.20. The second-order valence-corrected chi connectivity index (χ2v) is 9.00. The second kappa shape index (κ2) is 6.44. The van der Waals surface area contributed by atoms with Crippen molar-refractivity contribution in [1.29, 1.82) is 0 Å². The SMILES string of the molecule is CC(C)(C)OC(=O)OC1CCC[S+]1c1cccc2ccccc12. The van der Waals surface area contributed by atoms with E-state index in [0.717, 1.165) is 18.6 Å². The summed E-state index contributed by atoms with van der Waals surface area (Å²) in [6.07, 6.45) is 1.44. The molecule has 3 rings (SSSR count). The van der Waals surface area contributed by atoms with Crippen molar-refractivity contribution in [2.24, 2.45) is 0 Å². The molecule has 3 nitrogen and oxygen atoms in total. The second-order valence-electron chi connectivity index (χ2n) is 6.76. The third-order valence-electron chi connectivity index (χ3n) is 3.77. The van der Waals surface area contributed by atoms with Gasteiger partial charge in [0.05, 0.1) is 10.9 Å². The first kappa shape index (κ1) is 16.2. The number of fused-ring (bicyclic) bond motifs is 1. The Morgan fingerprint density at radius 1 is 1.13 bits per heavy atom. The average Bonchev–Trinajstić information content (AvgIpc) is 2.92. The van der Waals surface area contributed by atoms with E-state index in [4.69, 9.17) is 9.47 Å². The molecule has 2 aromatic rings. The van der Waals surface area contributed by atoms with Crippen molar-refractivity contribution in [2.75, 3.05) is 5.75 Å². The van der Waals surface area contributed by atoms with Crippen molar-refractivity contribution in [1.82, 2.24) is 0 Å². The van der Waals surface area contributed by atoms with Gasteiger partial charge in [-0.2, -0.15) is 0 Å². The van der Waals surface area contributed by atoms with Crippen LogP contribution in [0.3, 0.4) is 0 Å². The fourth-order valence-electron chi connectivity index (χ4n) is 2.85. The van der Waals surface area contributed by atoms with Gasteiger partial charge in [-0.05, 0) is 38.3 Å². The fourth-order valence-corrected chi connectivity index (χ4v) is 5.46. The van der Waals surface area contributed by atoms with E-state index in [1.54, 1.807) is 0 Å². The first-order valence-corrected chi connectivity index (χ1v) is 9.47. The van der Waals surface area contributed by atoms with Gasteiger partial charge in [0.1, 0.15) is 11.4 Å². The quantitative estimate of drug-likeness (QED) is 0.580. The Bertz CT molecular complexity index is 700. The summed E-state index contributed by atoms with van der Waals surface area (Å²) in [5.41, 5.74) is -0.594. The van der Waals surface area contributed by atoms with Crippen LogP contribution in [0.4, 0.5) is 4.79 Å². The lowest BCUT2D eigenvalue weighted by molar-refractivity contribution is -0.0125. The summed E-state index contributed by atoms with van der Waals surface area (Å²) in [5, 5.41) is 2.50. The molecule has 1 aliphatic heterocycles. The molecule has 0 spiro atoms. The Morgan fingerprint density at radius 3 is 2.65 bits per heavy atom. The Labute approximate surface area is 140 Å². The Kier molecular flexibility index (Phi) is 4.53. The number of hydrogen-bond acceptors (Lipinski definition) is 3. The van der Waals surface area contributed by atoms with Crippen molar-refractivity contribution >= 4 is 27.8 Å².